The van der Waals surface area contributed by atoms with Gasteiger partial charge in [-0.1, -0.05) is 54.1 Å². The molecule has 4 rings (SSSR count). The van der Waals surface area contributed by atoms with Crippen molar-refractivity contribution in [3.8, 4) is 11.8 Å². The van der Waals surface area contributed by atoms with Crippen molar-refractivity contribution in [1.29, 1.82) is 5.26 Å². The van der Waals surface area contributed by atoms with Crippen molar-refractivity contribution in [3.05, 3.63) is 103 Å². The number of hydrogen-bond acceptors (Lipinski definition) is 5. The molecule has 1 saturated heterocycles. The number of nitriles is 1. The van der Waals surface area contributed by atoms with Crippen LogP contribution in [0.2, 0.25) is 5.02 Å². The normalized spacial score (nSPS) is 14.6. The van der Waals surface area contributed by atoms with Crippen LogP contribution in [0, 0.1) is 11.3 Å². The molecule has 33 heavy (non-hydrogen) atoms. The minimum Gasteiger partial charge on any atom is -0.488 e. The minimum atomic E-state index is -0.382. The first-order chi connectivity index (χ1) is 16.0. The molecule has 0 unspecified atom stereocenters. The number of benzene rings is 3. The Labute approximate surface area is 208 Å². The molecular weight excluding hydrogens is 524 g/mol. The van der Waals surface area contributed by atoms with E-state index < -0.39 is 0 Å². The van der Waals surface area contributed by atoms with E-state index in [4.69, 9.17) is 16.3 Å². The molecule has 0 aromatic heterocycles. The summed E-state index contributed by atoms with van der Waals surface area (Å²) in [6, 6.07) is 21.9. The zero-order chi connectivity index (χ0) is 23.4. The summed E-state index contributed by atoms with van der Waals surface area (Å²) in [5.74, 6) is 0.251. The van der Waals surface area contributed by atoms with Crippen molar-refractivity contribution in [3.63, 3.8) is 0 Å². The lowest BCUT2D eigenvalue weighted by Gasteiger charge is -2.13. The molecule has 5 nitrogen and oxygen atoms in total. The smallest absolute Gasteiger partial charge is 0.293 e. The van der Waals surface area contributed by atoms with Gasteiger partial charge < -0.3 is 4.74 Å². The molecule has 0 saturated carbocycles. The highest BCUT2D eigenvalue weighted by Crippen LogP contribution is 2.35. The molecule has 0 N–H and O–H groups in total. The monoisotopic (exact) mass is 538 g/mol. The lowest BCUT2D eigenvalue weighted by molar-refractivity contribution is -0.123. The second kappa shape index (κ2) is 10.3. The van der Waals surface area contributed by atoms with Crippen molar-refractivity contribution >= 4 is 56.5 Å². The van der Waals surface area contributed by atoms with Crippen molar-refractivity contribution in [2.24, 2.45) is 0 Å². The van der Waals surface area contributed by atoms with E-state index in [0.29, 0.717) is 37.9 Å². The van der Waals surface area contributed by atoms with E-state index in [9.17, 15) is 14.9 Å². The molecule has 0 atom stereocenters. The van der Waals surface area contributed by atoms with Crippen LogP contribution < -0.4 is 4.74 Å². The van der Waals surface area contributed by atoms with Crippen LogP contribution in [-0.2, 0) is 17.9 Å². The third-order valence-electron chi connectivity index (χ3n) is 4.93. The van der Waals surface area contributed by atoms with Crippen molar-refractivity contribution in [2.45, 2.75) is 13.2 Å². The third-order valence-corrected chi connectivity index (χ3v) is 6.83. The molecule has 1 aliphatic heterocycles. The SMILES string of the molecule is N#Cc1ccccc1CN1C(=O)S/C(=C/c2ccc(OCc3ccccc3Cl)c(Br)c2)C1=O. The van der Waals surface area contributed by atoms with Gasteiger partial charge in [-0.2, -0.15) is 5.26 Å². The highest BCUT2D eigenvalue weighted by molar-refractivity contribution is 9.10. The summed E-state index contributed by atoms with van der Waals surface area (Å²) in [6.45, 7) is 0.380. The Hall–Kier alpha value is -3.05. The maximum absolute atomic E-state index is 12.9. The molecule has 164 valence electrons. The molecule has 3 aromatic rings. The van der Waals surface area contributed by atoms with Crippen molar-refractivity contribution in [1.82, 2.24) is 4.90 Å². The number of ether oxygens (including phenoxy) is 1. The quantitative estimate of drug-likeness (QED) is 0.323. The predicted molar refractivity (Wildman–Crippen MR) is 133 cm³/mol. The van der Waals surface area contributed by atoms with E-state index in [1.165, 1.54) is 0 Å². The second-order valence-electron chi connectivity index (χ2n) is 7.11. The predicted octanol–water partition coefficient (Wildman–Crippen LogP) is 6.79. The van der Waals surface area contributed by atoms with Crippen LogP contribution in [-0.4, -0.2) is 16.0 Å². The number of nitrogens with zero attached hydrogens (tertiary/aromatic N) is 2. The van der Waals surface area contributed by atoms with Gasteiger partial charge in [-0.25, -0.2) is 0 Å². The molecule has 0 bridgehead atoms. The Morgan fingerprint density at radius 3 is 2.52 bits per heavy atom. The Kier molecular flexibility index (Phi) is 7.19. The number of hydrogen-bond donors (Lipinski definition) is 0. The van der Waals surface area contributed by atoms with E-state index in [1.807, 2.05) is 36.4 Å². The topological polar surface area (TPSA) is 70.4 Å². The second-order valence-corrected chi connectivity index (χ2v) is 9.36. The summed E-state index contributed by atoms with van der Waals surface area (Å²) < 4.78 is 6.57. The zero-order valence-electron chi connectivity index (χ0n) is 17.1. The number of carbonyl (C=O) groups is 2. The summed E-state index contributed by atoms with van der Waals surface area (Å²) in [6.07, 6.45) is 1.67. The Morgan fingerprint density at radius 2 is 1.79 bits per heavy atom. The minimum absolute atomic E-state index is 0.0598. The maximum atomic E-state index is 12.9. The lowest BCUT2D eigenvalue weighted by atomic mass is 10.1. The Bertz CT molecular complexity index is 1320. The first-order valence-electron chi connectivity index (χ1n) is 9.85. The number of amides is 2. The zero-order valence-corrected chi connectivity index (χ0v) is 20.3. The number of carbonyl (C=O) groups excluding carboxylic acids is 2. The van der Waals surface area contributed by atoms with Gasteiger partial charge in [-0.15, -0.1) is 0 Å². The fraction of sp³-hybridized carbons (Fsp3) is 0.0800. The summed E-state index contributed by atoms with van der Waals surface area (Å²) in [5, 5.41) is 9.53. The van der Waals surface area contributed by atoms with E-state index in [0.717, 1.165) is 27.8 Å². The van der Waals surface area contributed by atoms with Gasteiger partial charge in [0.15, 0.2) is 0 Å². The molecule has 2 amide bonds. The summed E-state index contributed by atoms with van der Waals surface area (Å²) >= 11 is 10.6. The van der Waals surface area contributed by atoms with Crippen molar-refractivity contribution < 1.29 is 14.3 Å². The van der Waals surface area contributed by atoms with E-state index in [-0.39, 0.29) is 17.7 Å². The van der Waals surface area contributed by atoms with Crippen LogP contribution >= 0.6 is 39.3 Å². The molecule has 1 aliphatic rings. The number of rotatable bonds is 6. The summed E-state index contributed by atoms with van der Waals surface area (Å²) in [5.41, 5.74) is 2.69. The fourth-order valence-electron chi connectivity index (χ4n) is 3.22. The Balaban J connectivity index is 1.48. The summed E-state index contributed by atoms with van der Waals surface area (Å²) in [4.78, 5) is 26.8. The van der Waals surface area contributed by atoms with Gasteiger partial charge in [0, 0.05) is 10.6 Å². The molecule has 3 aromatic carbocycles. The number of thioether (sulfide) groups is 1. The number of halogens is 2. The fourth-order valence-corrected chi connectivity index (χ4v) is 4.76. The van der Waals surface area contributed by atoms with E-state index >= 15 is 0 Å². The molecule has 1 fully saturated rings. The van der Waals surface area contributed by atoms with Crippen LogP contribution in [0.25, 0.3) is 6.08 Å². The molecular formula is C25H16BrClN2O3S. The van der Waals surface area contributed by atoms with Gasteiger partial charge in [0.05, 0.1) is 27.6 Å². The number of imide groups is 1. The van der Waals surface area contributed by atoms with Gasteiger partial charge >= 0.3 is 0 Å². The molecule has 0 radical (unpaired) electrons. The summed E-state index contributed by atoms with van der Waals surface area (Å²) in [7, 11) is 0. The average molecular weight is 540 g/mol. The maximum Gasteiger partial charge on any atom is 0.293 e. The van der Waals surface area contributed by atoms with Gasteiger partial charge in [0.25, 0.3) is 11.1 Å². The van der Waals surface area contributed by atoms with Crippen LogP contribution in [0.3, 0.4) is 0 Å². The largest absolute Gasteiger partial charge is 0.488 e. The van der Waals surface area contributed by atoms with Gasteiger partial charge in [0.2, 0.25) is 0 Å². The van der Waals surface area contributed by atoms with Crippen LogP contribution in [0.5, 0.6) is 5.75 Å². The highest BCUT2D eigenvalue weighted by atomic mass is 79.9. The first-order valence-corrected chi connectivity index (χ1v) is 11.8. The van der Waals surface area contributed by atoms with E-state index in [1.54, 1.807) is 36.4 Å². The Morgan fingerprint density at radius 1 is 1.06 bits per heavy atom. The molecule has 8 heteroatoms. The van der Waals surface area contributed by atoms with E-state index in [2.05, 4.69) is 22.0 Å². The highest BCUT2D eigenvalue weighted by Gasteiger charge is 2.35. The van der Waals surface area contributed by atoms with Crippen LogP contribution in [0.1, 0.15) is 22.3 Å². The first kappa shape index (κ1) is 23.1. The van der Waals surface area contributed by atoms with Gasteiger partial charge in [0.1, 0.15) is 12.4 Å². The standard InChI is InChI=1S/C25H16BrClN2O3S/c26-20-11-16(9-10-22(20)32-15-19-7-3-4-8-21(19)27)12-23-24(30)29(25(31)33-23)14-18-6-2-1-5-17(18)13-28/h1-12H,14-15H2/b23-12+. The molecule has 1 heterocycles. The average Bonchev–Trinajstić information content (AvgIpc) is 3.07. The third kappa shape index (κ3) is 5.31. The van der Waals surface area contributed by atoms with Gasteiger partial charge in [-0.3, -0.25) is 14.5 Å². The van der Waals surface area contributed by atoms with Crippen molar-refractivity contribution in [2.75, 3.05) is 0 Å². The molecule has 0 spiro atoms. The molecule has 0 aliphatic carbocycles. The van der Waals surface area contributed by atoms with Gasteiger partial charge in [-0.05, 0) is 69.2 Å². The van der Waals surface area contributed by atoms with Crippen LogP contribution in [0.4, 0.5) is 4.79 Å². The van der Waals surface area contributed by atoms with Crippen LogP contribution in [0.15, 0.2) is 76.1 Å². The lowest BCUT2D eigenvalue weighted by Crippen LogP contribution is -2.27.